The highest BCUT2D eigenvalue weighted by molar-refractivity contribution is 6.02. The van der Waals surface area contributed by atoms with Crippen LogP contribution in [0.1, 0.15) is 23.7 Å². The number of ether oxygens (including phenoxy) is 2. The lowest BCUT2D eigenvalue weighted by Crippen LogP contribution is -2.30. The van der Waals surface area contributed by atoms with E-state index < -0.39 is 22.9 Å². The number of Topliss-reactive ketones (excluding diaryl/α,β-unsaturated/α-hetero) is 1. The number of hydrogen-bond donors (Lipinski definition) is 0. The number of ketones is 1. The van der Waals surface area contributed by atoms with Crippen molar-refractivity contribution in [1.29, 1.82) is 0 Å². The van der Waals surface area contributed by atoms with Crippen molar-refractivity contribution >= 4 is 29.0 Å². The van der Waals surface area contributed by atoms with Crippen molar-refractivity contribution < 1.29 is 28.8 Å². The van der Waals surface area contributed by atoms with Crippen LogP contribution in [-0.4, -0.2) is 42.3 Å². The topological polar surface area (TPSA) is 116 Å². The van der Waals surface area contributed by atoms with Crippen LogP contribution in [0.3, 0.4) is 0 Å². The quantitative estimate of drug-likeness (QED) is 0.297. The molecule has 1 aliphatic heterocycles. The van der Waals surface area contributed by atoms with E-state index in [1.165, 1.54) is 37.1 Å². The van der Waals surface area contributed by atoms with Crippen LogP contribution < -0.4 is 9.64 Å². The Hall–Kier alpha value is -3.75. The molecule has 1 fully saturated rings. The Bertz CT molecular complexity index is 987. The molecule has 0 aromatic heterocycles. The van der Waals surface area contributed by atoms with Crippen molar-refractivity contribution in [2.75, 3.05) is 18.6 Å². The molecular formula is C21H20N2O7. The number of nitrogens with zero attached hydrogens (tertiary/aromatic N) is 2. The fraction of sp³-hybridized carbons (Fsp3) is 0.286. The number of anilines is 1. The van der Waals surface area contributed by atoms with E-state index in [1.807, 2.05) is 0 Å². The van der Waals surface area contributed by atoms with Crippen molar-refractivity contribution in [3.63, 3.8) is 0 Å². The van der Waals surface area contributed by atoms with Gasteiger partial charge in [-0.15, -0.1) is 0 Å². The van der Waals surface area contributed by atoms with Crippen LogP contribution in [0.15, 0.2) is 48.5 Å². The van der Waals surface area contributed by atoms with Crippen LogP contribution in [0.4, 0.5) is 11.4 Å². The van der Waals surface area contributed by atoms with E-state index in [0.29, 0.717) is 17.0 Å². The first-order chi connectivity index (χ1) is 14.3. The minimum atomic E-state index is -1.02. The van der Waals surface area contributed by atoms with Crippen molar-refractivity contribution in [3.05, 3.63) is 64.2 Å². The lowest BCUT2D eigenvalue weighted by Gasteiger charge is -2.17. The molecule has 2 aromatic carbocycles. The number of non-ortho nitro benzene ring substituents is 1. The Kier molecular flexibility index (Phi) is 6.10. The molecule has 0 N–H and O–H groups in total. The van der Waals surface area contributed by atoms with Gasteiger partial charge in [0.15, 0.2) is 6.10 Å². The average molecular weight is 412 g/mol. The second-order valence-electron chi connectivity index (χ2n) is 6.85. The van der Waals surface area contributed by atoms with Crippen molar-refractivity contribution in [3.8, 4) is 5.75 Å². The molecule has 3 rings (SSSR count). The van der Waals surface area contributed by atoms with Gasteiger partial charge in [0.2, 0.25) is 11.7 Å². The van der Waals surface area contributed by atoms with Crippen LogP contribution in [0, 0.1) is 16.0 Å². The van der Waals surface area contributed by atoms with Gasteiger partial charge >= 0.3 is 5.97 Å². The lowest BCUT2D eigenvalue weighted by molar-refractivity contribution is -0.384. The van der Waals surface area contributed by atoms with E-state index in [0.717, 1.165) is 0 Å². The number of carbonyl (C=O) groups excluding carboxylic acids is 3. The predicted molar refractivity (Wildman–Crippen MR) is 106 cm³/mol. The van der Waals surface area contributed by atoms with Gasteiger partial charge in [0.05, 0.1) is 23.6 Å². The molecule has 0 unspecified atom stereocenters. The number of methoxy groups -OCH3 is 1. The number of nitro groups is 1. The van der Waals surface area contributed by atoms with Crippen LogP contribution in [0.25, 0.3) is 0 Å². The van der Waals surface area contributed by atoms with Gasteiger partial charge in [-0.3, -0.25) is 24.5 Å². The molecule has 0 radical (unpaired) electrons. The largest absolute Gasteiger partial charge is 0.497 e. The fourth-order valence-corrected chi connectivity index (χ4v) is 3.20. The maximum absolute atomic E-state index is 12.5. The normalized spacial score (nSPS) is 16.8. The molecule has 1 aliphatic rings. The molecule has 2 aromatic rings. The van der Waals surface area contributed by atoms with Crippen LogP contribution in [-0.2, 0) is 14.3 Å². The maximum atomic E-state index is 12.5. The van der Waals surface area contributed by atoms with E-state index in [1.54, 1.807) is 30.3 Å². The third-order valence-corrected chi connectivity index (χ3v) is 4.85. The standard InChI is InChI=1S/C21H20N2O7/c1-13(20(25)14-6-8-18(29-2)9-7-14)30-21(26)15-10-19(24)22(12-15)16-4-3-5-17(11-16)23(27)28/h3-9,11,13,15H,10,12H2,1-2H3/t13-,15+/m1/s1. The average Bonchev–Trinajstić information content (AvgIpc) is 3.15. The first kappa shape index (κ1) is 21.0. The summed E-state index contributed by atoms with van der Waals surface area (Å²) in [6.45, 7) is 1.50. The number of hydrogen-bond acceptors (Lipinski definition) is 7. The molecule has 0 saturated carbocycles. The summed E-state index contributed by atoms with van der Waals surface area (Å²) in [4.78, 5) is 49.0. The first-order valence-electron chi connectivity index (χ1n) is 9.23. The Balaban J connectivity index is 1.64. The van der Waals surface area contributed by atoms with Crippen molar-refractivity contribution in [2.45, 2.75) is 19.4 Å². The Morgan fingerprint density at radius 3 is 2.53 bits per heavy atom. The van der Waals surface area contributed by atoms with E-state index >= 15 is 0 Å². The molecule has 1 amide bonds. The monoisotopic (exact) mass is 412 g/mol. The summed E-state index contributed by atoms with van der Waals surface area (Å²) in [6.07, 6.45) is -1.11. The smallest absolute Gasteiger partial charge is 0.312 e. The Morgan fingerprint density at radius 2 is 1.90 bits per heavy atom. The Labute approximate surface area is 172 Å². The summed E-state index contributed by atoms with van der Waals surface area (Å²) in [7, 11) is 1.51. The molecule has 0 spiro atoms. The highest BCUT2D eigenvalue weighted by Crippen LogP contribution is 2.28. The number of esters is 1. The summed E-state index contributed by atoms with van der Waals surface area (Å²) >= 11 is 0. The van der Waals surface area contributed by atoms with Crippen molar-refractivity contribution in [1.82, 2.24) is 0 Å². The van der Waals surface area contributed by atoms with E-state index in [-0.39, 0.29) is 30.3 Å². The molecule has 0 bridgehead atoms. The van der Waals surface area contributed by atoms with E-state index in [9.17, 15) is 24.5 Å². The Morgan fingerprint density at radius 1 is 1.20 bits per heavy atom. The highest BCUT2D eigenvalue weighted by atomic mass is 16.6. The van der Waals surface area contributed by atoms with Gasteiger partial charge in [0, 0.05) is 30.7 Å². The fourth-order valence-electron chi connectivity index (χ4n) is 3.20. The molecule has 156 valence electrons. The van der Waals surface area contributed by atoms with Crippen LogP contribution >= 0.6 is 0 Å². The predicted octanol–water partition coefficient (Wildman–Crippen LogP) is 2.77. The summed E-state index contributed by atoms with van der Waals surface area (Å²) < 4.78 is 10.3. The molecule has 1 saturated heterocycles. The molecule has 1 heterocycles. The summed E-state index contributed by atoms with van der Waals surface area (Å²) in [6, 6.07) is 12.1. The second-order valence-corrected chi connectivity index (χ2v) is 6.85. The molecule has 0 aliphatic carbocycles. The first-order valence-corrected chi connectivity index (χ1v) is 9.23. The van der Waals surface area contributed by atoms with Gasteiger partial charge in [-0.2, -0.15) is 0 Å². The minimum absolute atomic E-state index is 0.0300. The van der Waals surface area contributed by atoms with Crippen molar-refractivity contribution in [2.24, 2.45) is 5.92 Å². The molecule has 9 nitrogen and oxygen atoms in total. The van der Waals surface area contributed by atoms with Gasteiger partial charge < -0.3 is 14.4 Å². The van der Waals surface area contributed by atoms with Gasteiger partial charge in [-0.05, 0) is 37.3 Å². The number of amides is 1. The van der Waals surface area contributed by atoms with E-state index in [2.05, 4.69) is 0 Å². The number of benzene rings is 2. The zero-order chi connectivity index (χ0) is 21.8. The molecule has 9 heteroatoms. The summed E-state index contributed by atoms with van der Waals surface area (Å²) in [5.74, 6) is -1.53. The number of nitro benzene ring substituents is 1. The van der Waals surface area contributed by atoms with Gasteiger partial charge in [-0.25, -0.2) is 0 Å². The van der Waals surface area contributed by atoms with Gasteiger partial charge in [0.25, 0.3) is 5.69 Å². The molecular weight excluding hydrogens is 392 g/mol. The van der Waals surface area contributed by atoms with Crippen LogP contribution in [0.2, 0.25) is 0 Å². The SMILES string of the molecule is COc1ccc(C(=O)[C@@H](C)OC(=O)[C@H]2CC(=O)N(c3cccc([N+](=O)[O-])c3)C2)cc1. The number of carbonyl (C=O) groups is 3. The summed E-state index contributed by atoms with van der Waals surface area (Å²) in [5, 5.41) is 10.9. The molecule has 2 atom stereocenters. The maximum Gasteiger partial charge on any atom is 0.312 e. The highest BCUT2D eigenvalue weighted by Gasteiger charge is 2.37. The van der Waals surface area contributed by atoms with Gasteiger partial charge in [-0.1, -0.05) is 6.07 Å². The molecule has 30 heavy (non-hydrogen) atoms. The van der Waals surface area contributed by atoms with Crippen LogP contribution in [0.5, 0.6) is 5.75 Å². The minimum Gasteiger partial charge on any atom is -0.497 e. The number of rotatable bonds is 7. The van der Waals surface area contributed by atoms with E-state index in [4.69, 9.17) is 9.47 Å². The third kappa shape index (κ3) is 4.45. The second kappa shape index (κ2) is 8.73. The third-order valence-electron chi connectivity index (χ3n) is 4.85. The van der Waals surface area contributed by atoms with Gasteiger partial charge in [0.1, 0.15) is 5.75 Å². The summed E-state index contributed by atoms with van der Waals surface area (Å²) in [5.41, 5.74) is 0.564. The zero-order valence-corrected chi connectivity index (χ0v) is 16.4. The zero-order valence-electron chi connectivity index (χ0n) is 16.4. The lowest BCUT2D eigenvalue weighted by atomic mass is 10.1.